The summed E-state index contributed by atoms with van der Waals surface area (Å²) in [5.41, 5.74) is 0. The van der Waals surface area contributed by atoms with Crippen molar-refractivity contribution in [3.63, 3.8) is 0 Å². The highest BCUT2D eigenvalue weighted by Crippen LogP contribution is 2.72. The smallest absolute Gasteiger partial charge is 0.384 e. The molecule has 0 aliphatic heterocycles. The van der Waals surface area contributed by atoms with Crippen molar-refractivity contribution in [2.24, 2.45) is 0 Å². The van der Waals surface area contributed by atoms with Gasteiger partial charge in [0.05, 0.1) is 0 Å². The van der Waals surface area contributed by atoms with Crippen LogP contribution >= 0.6 is 0 Å². The number of alkyl halides is 11. The molecule has 1 fully saturated rings. The van der Waals surface area contributed by atoms with Crippen molar-refractivity contribution in [3.05, 3.63) is 0 Å². The van der Waals surface area contributed by atoms with Crippen LogP contribution in [0.15, 0.2) is 0 Å². The molecule has 15 heteroatoms. The zero-order chi connectivity index (χ0) is 18.4. The fourth-order valence-corrected chi connectivity index (χ4v) is 3.16. The van der Waals surface area contributed by atoms with E-state index < -0.39 is 50.5 Å². The molecule has 0 radical (unpaired) electrons. The average molecular weight is 376 g/mol. The fraction of sp³-hybridized carbons (Fsp3) is 1.00. The molecule has 0 heterocycles. The Balaban J connectivity index is 4.09. The standard InChI is InChI=1S/C7H5F11O3S/c1-22(19,20,21)7(18)5(14,15)3(10,11)2(8,9)4(12,13)6(7,16)17/h1H3,(H2,19,20,21)/p-2. The highest BCUT2D eigenvalue weighted by Gasteiger charge is 3.02. The summed E-state index contributed by atoms with van der Waals surface area (Å²) in [6.07, 6.45) is -1.34. The minimum atomic E-state index is -8.80. The van der Waals surface area contributed by atoms with Crippen LogP contribution in [-0.2, 0) is 9.63 Å². The Morgan fingerprint density at radius 2 is 0.773 bits per heavy atom. The Morgan fingerprint density at radius 1 is 0.591 bits per heavy atom. The molecule has 0 bridgehead atoms. The molecule has 0 aromatic rings. The molecule has 0 N–H and O–H groups in total. The van der Waals surface area contributed by atoms with Crippen LogP contribution in [0.1, 0.15) is 0 Å². The van der Waals surface area contributed by atoms with Crippen molar-refractivity contribution in [1.29, 1.82) is 0 Å². The summed E-state index contributed by atoms with van der Waals surface area (Å²) in [4.78, 5) is 0. The molecule has 22 heavy (non-hydrogen) atoms. The van der Waals surface area contributed by atoms with E-state index in [9.17, 15) is 61.6 Å². The average Bonchev–Trinajstić information content (AvgIpc) is 2.22. The predicted molar refractivity (Wildman–Crippen MR) is 44.2 cm³/mol. The number of hydrogen-bond acceptors (Lipinski definition) is 3. The SMILES string of the molecule is CS(=O)([O-])([O-])C1(F)C(F)(F)C(F)(F)C(F)(F)C(F)(F)C1(F)F. The molecule has 1 aliphatic rings. The van der Waals surface area contributed by atoms with Gasteiger partial charge in [-0.25, -0.2) is 4.39 Å². The topological polar surface area (TPSA) is 63.2 Å². The van der Waals surface area contributed by atoms with Crippen LogP contribution in [0.2, 0.25) is 0 Å². The minimum absolute atomic E-state index is 1.34. The third kappa shape index (κ3) is 1.52. The maximum atomic E-state index is 13.7. The highest BCUT2D eigenvalue weighted by atomic mass is 32.3. The van der Waals surface area contributed by atoms with Gasteiger partial charge < -0.3 is 13.3 Å². The van der Waals surface area contributed by atoms with Gasteiger partial charge in [0.1, 0.15) is 0 Å². The Hall–Kier alpha value is -0.700. The second-order valence-corrected chi connectivity index (χ2v) is 7.50. The van der Waals surface area contributed by atoms with E-state index in [0.717, 1.165) is 0 Å². The van der Waals surface area contributed by atoms with Crippen molar-refractivity contribution in [1.82, 2.24) is 0 Å². The Labute approximate surface area is 113 Å². The first-order chi connectivity index (χ1) is 9.01. The molecule has 3 nitrogen and oxygen atoms in total. The largest absolute Gasteiger partial charge is 0.796 e. The van der Waals surface area contributed by atoms with Gasteiger partial charge in [0.15, 0.2) is 0 Å². The van der Waals surface area contributed by atoms with E-state index in [1.54, 1.807) is 0 Å². The lowest BCUT2D eigenvalue weighted by atomic mass is 9.80. The van der Waals surface area contributed by atoms with Crippen molar-refractivity contribution < 1.29 is 61.6 Å². The van der Waals surface area contributed by atoms with E-state index in [1.807, 2.05) is 0 Å². The Bertz CT molecular complexity index is 535. The van der Waals surface area contributed by atoms with E-state index in [-0.39, 0.29) is 0 Å². The van der Waals surface area contributed by atoms with Crippen LogP contribution in [0.5, 0.6) is 0 Å². The number of rotatable bonds is 1. The van der Waals surface area contributed by atoms with E-state index >= 15 is 0 Å². The molecule has 0 atom stereocenters. The molecule has 1 saturated carbocycles. The third-order valence-electron chi connectivity index (χ3n) is 3.01. The molecule has 0 unspecified atom stereocenters. The number of halogens is 11. The Morgan fingerprint density at radius 3 is 0.955 bits per heavy atom. The van der Waals surface area contributed by atoms with Gasteiger partial charge in [-0.05, 0) is 6.26 Å². The summed E-state index contributed by atoms with van der Waals surface area (Å²) in [5.74, 6) is -38.1. The van der Waals surface area contributed by atoms with Crippen LogP contribution in [0.4, 0.5) is 48.3 Å². The van der Waals surface area contributed by atoms with Crippen molar-refractivity contribution in [2.45, 2.75) is 34.6 Å². The second-order valence-electron chi connectivity index (χ2n) is 4.63. The molecule has 1 aliphatic carbocycles. The second kappa shape index (κ2) is 3.68. The summed E-state index contributed by atoms with van der Waals surface area (Å²) in [6.45, 7) is 0. The zero-order valence-corrected chi connectivity index (χ0v) is 10.6. The summed E-state index contributed by atoms with van der Waals surface area (Å²) < 4.78 is 175. The first-order valence-corrected chi connectivity index (χ1v) is 6.92. The molecule has 0 amide bonds. The maximum Gasteiger partial charge on any atom is 0.384 e. The van der Waals surface area contributed by atoms with Crippen molar-refractivity contribution in [2.75, 3.05) is 6.26 Å². The zero-order valence-electron chi connectivity index (χ0n) is 9.79. The van der Waals surface area contributed by atoms with Crippen LogP contribution in [0.25, 0.3) is 0 Å². The van der Waals surface area contributed by atoms with Gasteiger partial charge in [0.25, 0.3) is 5.00 Å². The van der Waals surface area contributed by atoms with Gasteiger partial charge in [0, 0.05) is 0 Å². The van der Waals surface area contributed by atoms with Crippen molar-refractivity contribution in [3.8, 4) is 0 Å². The first-order valence-electron chi connectivity index (χ1n) is 4.69. The van der Waals surface area contributed by atoms with Gasteiger partial charge in [-0.3, -0.25) is 0 Å². The molecule has 1 rings (SSSR count). The van der Waals surface area contributed by atoms with Crippen LogP contribution in [-0.4, -0.2) is 54.2 Å². The summed E-state index contributed by atoms with van der Waals surface area (Å²) in [7, 11) is -8.80. The molecule has 0 aromatic heterocycles. The molecule has 134 valence electrons. The molecular weight excluding hydrogens is 373 g/mol. The predicted octanol–water partition coefficient (Wildman–Crippen LogP) is 2.55. The number of sulfone groups is 3. The Kier molecular flexibility index (Phi) is 3.24. The minimum Gasteiger partial charge on any atom is -0.796 e. The van der Waals surface area contributed by atoms with E-state index in [1.165, 1.54) is 0 Å². The number of hydrogen-bond donors (Lipinski definition) is 0. The molecular formula is C7H3F11O3S-2. The lowest BCUT2D eigenvalue weighted by molar-refractivity contribution is -0.471. The summed E-state index contributed by atoms with van der Waals surface area (Å²) in [5, 5.41) is -7.54. The van der Waals surface area contributed by atoms with Gasteiger partial charge in [-0.1, -0.05) is 0 Å². The highest BCUT2D eigenvalue weighted by molar-refractivity contribution is 8.10. The van der Waals surface area contributed by atoms with Gasteiger partial charge in [0.2, 0.25) is 0 Å². The van der Waals surface area contributed by atoms with Gasteiger partial charge in [-0.2, -0.15) is 53.5 Å². The normalized spacial score (nSPS) is 32.7. The fourth-order valence-electron chi connectivity index (χ4n) is 1.76. The third-order valence-corrected chi connectivity index (χ3v) is 4.78. The van der Waals surface area contributed by atoms with Crippen LogP contribution in [0.3, 0.4) is 0 Å². The monoisotopic (exact) mass is 376 g/mol. The summed E-state index contributed by atoms with van der Waals surface area (Å²) >= 11 is 0. The van der Waals surface area contributed by atoms with E-state index in [4.69, 9.17) is 0 Å². The van der Waals surface area contributed by atoms with Crippen molar-refractivity contribution >= 4 is 9.63 Å². The molecule has 0 spiro atoms. The molecule has 0 saturated heterocycles. The lowest BCUT2D eigenvalue weighted by Gasteiger charge is -2.67. The van der Waals surface area contributed by atoms with Crippen LogP contribution < -0.4 is 0 Å². The lowest BCUT2D eigenvalue weighted by Crippen LogP contribution is -2.88. The van der Waals surface area contributed by atoms with E-state index in [2.05, 4.69) is 0 Å². The van der Waals surface area contributed by atoms with Gasteiger partial charge >= 0.3 is 29.6 Å². The molecule has 0 aromatic carbocycles. The van der Waals surface area contributed by atoms with E-state index in [0.29, 0.717) is 0 Å². The summed E-state index contributed by atoms with van der Waals surface area (Å²) in [6, 6.07) is 0. The first kappa shape index (κ1) is 19.3. The van der Waals surface area contributed by atoms with Crippen LogP contribution in [0, 0.1) is 0 Å². The maximum absolute atomic E-state index is 13.7. The quantitative estimate of drug-likeness (QED) is 0.661. The van der Waals surface area contributed by atoms with Gasteiger partial charge in [-0.15, -0.1) is 0 Å².